The van der Waals surface area contributed by atoms with E-state index < -0.39 is 15.6 Å². The smallest absolute Gasteiger partial charge is 0.485 e. The normalized spacial score (nSPS) is 14.3. The highest BCUT2D eigenvalue weighted by atomic mass is 32.2. The van der Waals surface area contributed by atoms with Gasteiger partial charge in [0.25, 0.3) is 0 Å². The molecule has 2 heterocycles. The summed E-state index contributed by atoms with van der Waals surface area (Å²) < 4.78 is 61.0. The van der Waals surface area contributed by atoms with Crippen molar-refractivity contribution in [3.63, 3.8) is 0 Å². The molecule has 4 rings (SSSR count). The van der Waals surface area contributed by atoms with E-state index in [9.17, 15) is 13.2 Å². The molecule has 0 fully saturated rings. The highest BCUT2D eigenvalue weighted by Crippen LogP contribution is 2.46. The van der Waals surface area contributed by atoms with Crippen LogP contribution in [0.2, 0.25) is 0 Å². The molecule has 0 aliphatic carbocycles. The minimum atomic E-state index is -6.09. The lowest BCUT2D eigenvalue weighted by atomic mass is 10.1. The molecule has 0 radical (unpaired) electrons. The zero-order valence-corrected chi connectivity index (χ0v) is 22.8. The van der Waals surface area contributed by atoms with Gasteiger partial charge in [0.15, 0.2) is 16.3 Å². The molecule has 1 aromatic heterocycles. The van der Waals surface area contributed by atoms with Gasteiger partial charge in [-0.2, -0.15) is 13.2 Å². The molecule has 38 heavy (non-hydrogen) atoms. The molecule has 11 heteroatoms. The zero-order chi connectivity index (χ0) is 27.8. The number of rotatable bonds is 8. The maximum atomic E-state index is 10.7. The molecule has 0 N–H and O–H groups in total. The lowest BCUT2D eigenvalue weighted by molar-refractivity contribution is -0.675. The Bertz CT molecular complexity index is 1350. The van der Waals surface area contributed by atoms with Gasteiger partial charge in [0.05, 0.1) is 29.4 Å². The minimum Gasteiger partial charge on any atom is -0.741 e. The largest absolute Gasteiger partial charge is 0.741 e. The average Bonchev–Trinajstić information content (AvgIpc) is 3.22. The Balaban J connectivity index is 0.000000436. The van der Waals surface area contributed by atoms with Gasteiger partial charge in [0, 0.05) is 11.4 Å². The molecule has 0 saturated carbocycles. The number of anilines is 1. The molecule has 0 atom stereocenters. The van der Waals surface area contributed by atoms with Crippen LogP contribution < -0.4 is 9.47 Å². The van der Waals surface area contributed by atoms with Crippen molar-refractivity contribution >= 4 is 33.6 Å². The molecule has 0 spiro atoms. The van der Waals surface area contributed by atoms with Gasteiger partial charge in [-0.3, -0.25) is 0 Å². The first-order chi connectivity index (χ1) is 18.0. The fraction of sp³-hybridized carbons (Fsp3) is 0.333. The number of nitrogens with zero attached hydrogens (tertiary/aromatic N) is 3. The van der Waals surface area contributed by atoms with E-state index in [1.165, 1.54) is 53.3 Å². The molecular weight excluding hydrogens is 535 g/mol. The number of hydrogen-bond acceptors (Lipinski definition) is 6. The number of alkyl halides is 3. The standard InChI is InChI=1S/C26H30N3S.CHF3O3S/c1-3-4-5-6-12-17-29-23-15-10-11-16-24(23)30-26(29)18-25-27-19-22(20-28(25)2)21-13-8-7-9-14-21;2-1(3,4)8(5,6)7/h7-11,13-16,18-20H,3-6,12,17H2,1-2H3;(H,5,6,7)/q+1;/p-1. The van der Waals surface area contributed by atoms with E-state index in [0.29, 0.717) is 0 Å². The third kappa shape index (κ3) is 8.05. The third-order valence-electron chi connectivity index (χ3n) is 5.80. The molecule has 0 bridgehead atoms. The van der Waals surface area contributed by atoms with E-state index in [2.05, 4.69) is 84.2 Å². The van der Waals surface area contributed by atoms with Crippen molar-refractivity contribution in [2.24, 2.45) is 7.05 Å². The summed E-state index contributed by atoms with van der Waals surface area (Å²) in [5.74, 6) is 0.973. The van der Waals surface area contributed by atoms with E-state index in [1.807, 2.05) is 24.0 Å². The van der Waals surface area contributed by atoms with Crippen molar-refractivity contribution in [3.05, 3.63) is 77.8 Å². The van der Waals surface area contributed by atoms with Crippen LogP contribution in [-0.2, 0) is 17.2 Å². The molecular formula is C27H30F3N3O3S2. The predicted octanol–water partition coefficient (Wildman–Crippen LogP) is 6.51. The third-order valence-corrected chi connectivity index (χ3v) is 7.47. The quantitative estimate of drug-likeness (QED) is 0.134. The number of unbranched alkanes of at least 4 members (excludes halogenated alkanes) is 4. The van der Waals surface area contributed by atoms with E-state index in [1.54, 1.807) is 0 Å². The van der Waals surface area contributed by atoms with Gasteiger partial charge in [-0.1, -0.05) is 86.8 Å². The molecule has 0 saturated heterocycles. The summed E-state index contributed by atoms with van der Waals surface area (Å²) >= 11 is 1.85. The Hall–Kier alpha value is -2.89. The van der Waals surface area contributed by atoms with Crippen molar-refractivity contribution in [2.75, 3.05) is 11.4 Å². The van der Waals surface area contributed by atoms with Gasteiger partial charge in [0.1, 0.15) is 6.20 Å². The second-order valence-electron chi connectivity index (χ2n) is 8.70. The van der Waals surface area contributed by atoms with Crippen LogP contribution in [0.4, 0.5) is 18.9 Å². The number of halogens is 3. The maximum Gasteiger partial charge on any atom is 0.485 e. The van der Waals surface area contributed by atoms with Crippen LogP contribution in [0.1, 0.15) is 44.9 Å². The number of aryl methyl sites for hydroxylation is 1. The minimum absolute atomic E-state index is 0.973. The first kappa shape index (κ1) is 29.7. The van der Waals surface area contributed by atoms with Crippen molar-refractivity contribution in [2.45, 2.75) is 49.4 Å². The van der Waals surface area contributed by atoms with E-state index >= 15 is 0 Å². The molecule has 3 aromatic rings. The fourth-order valence-corrected chi connectivity index (χ4v) is 4.95. The zero-order valence-electron chi connectivity index (χ0n) is 21.2. The number of hydrogen-bond donors (Lipinski definition) is 0. The summed E-state index contributed by atoms with van der Waals surface area (Å²) in [6, 6.07) is 19.1. The molecule has 204 valence electrons. The van der Waals surface area contributed by atoms with Gasteiger partial charge in [-0.15, -0.1) is 0 Å². The lowest BCUT2D eigenvalue weighted by Gasteiger charge is -2.20. The number of para-hydroxylation sites is 1. The summed E-state index contributed by atoms with van der Waals surface area (Å²) in [5.41, 5.74) is -1.99. The summed E-state index contributed by atoms with van der Waals surface area (Å²) in [6.07, 6.45) is 12.8. The van der Waals surface area contributed by atoms with Crippen LogP contribution in [0.15, 0.2) is 76.9 Å². The Labute approximate surface area is 226 Å². The lowest BCUT2D eigenvalue weighted by Crippen LogP contribution is -2.33. The number of fused-ring (bicyclic) bond motifs is 1. The van der Waals surface area contributed by atoms with E-state index in [-0.39, 0.29) is 0 Å². The average molecular weight is 566 g/mol. The second-order valence-corrected chi connectivity index (χ2v) is 11.1. The van der Waals surface area contributed by atoms with Crippen molar-refractivity contribution in [1.82, 2.24) is 4.98 Å². The monoisotopic (exact) mass is 565 g/mol. The highest BCUT2D eigenvalue weighted by molar-refractivity contribution is 8.03. The van der Waals surface area contributed by atoms with Gasteiger partial charge in [-0.25, -0.2) is 13.0 Å². The van der Waals surface area contributed by atoms with Gasteiger partial charge >= 0.3 is 11.3 Å². The van der Waals surface area contributed by atoms with Crippen molar-refractivity contribution in [3.8, 4) is 11.1 Å². The molecule has 1 aliphatic rings. The second kappa shape index (κ2) is 13.3. The van der Waals surface area contributed by atoms with Crippen molar-refractivity contribution < 1.29 is 30.7 Å². The highest BCUT2D eigenvalue weighted by Gasteiger charge is 2.37. The van der Waals surface area contributed by atoms with Crippen LogP contribution in [0, 0.1) is 0 Å². The van der Waals surface area contributed by atoms with Crippen LogP contribution in [0.5, 0.6) is 0 Å². The van der Waals surface area contributed by atoms with Gasteiger partial charge in [0.2, 0.25) is 0 Å². The summed E-state index contributed by atoms with van der Waals surface area (Å²) in [4.78, 5) is 8.59. The Morgan fingerprint density at radius 3 is 2.26 bits per heavy atom. The van der Waals surface area contributed by atoms with Crippen LogP contribution in [-0.4, -0.2) is 30.0 Å². The Morgan fingerprint density at radius 1 is 1.00 bits per heavy atom. The predicted molar refractivity (Wildman–Crippen MR) is 143 cm³/mol. The summed E-state index contributed by atoms with van der Waals surface area (Å²) in [6.45, 7) is 3.33. The van der Waals surface area contributed by atoms with Crippen LogP contribution in [0.3, 0.4) is 0 Å². The first-order valence-electron chi connectivity index (χ1n) is 12.2. The van der Waals surface area contributed by atoms with Gasteiger partial charge < -0.3 is 9.45 Å². The molecule has 1 aliphatic heterocycles. The number of benzene rings is 2. The molecule has 0 amide bonds. The maximum absolute atomic E-state index is 10.7. The molecule has 0 unspecified atom stereocenters. The van der Waals surface area contributed by atoms with Crippen LogP contribution in [0.25, 0.3) is 17.2 Å². The van der Waals surface area contributed by atoms with E-state index in [4.69, 9.17) is 18.0 Å². The Kier molecular flexibility index (Phi) is 10.3. The summed E-state index contributed by atoms with van der Waals surface area (Å²) in [7, 11) is -4.01. The van der Waals surface area contributed by atoms with Crippen LogP contribution >= 0.6 is 11.8 Å². The SMILES string of the molecule is CCCCCCCN1C(=Cc2ncc(-c3ccccc3)c[n+]2C)Sc2ccccc21.O=S(=O)([O-])C(F)(F)F. The summed E-state index contributed by atoms with van der Waals surface area (Å²) in [5, 5.41) is 1.27. The Morgan fingerprint density at radius 2 is 1.63 bits per heavy atom. The van der Waals surface area contributed by atoms with Gasteiger partial charge in [-0.05, 0) is 29.1 Å². The van der Waals surface area contributed by atoms with E-state index in [0.717, 1.165) is 17.9 Å². The number of thioether (sulfide) groups is 1. The first-order valence-corrected chi connectivity index (χ1v) is 14.4. The number of aromatic nitrogens is 2. The fourth-order valence-electron chi connectivity index (χ4n) is 3.83. The molecule has 2 aromatic carbocycles. The van der Waals surface area contributed by atoms with Crippen molar-refractivity contribution in [1.29, 1.82) is 0 Å². The topological polar surface area (TPSA) is 77.2 Å². The molecule has 6 nitrogen and oxygen atoms in total.